The predicted molar refractivity (Wildman–Crippen MR) is 164 cm³/mol. The lowest BCUT2D eigenvalue weighted by molar-refractivity contribution is -0.142. The summed E-state index contributed by atoms with van der Waals surface area (Å²) in [6.45, 7) is 6.45. The molecule has 0 atom stereocenters. The summed E-state index contributed by atoms with van der Waals surface area (Å²) in [6.07, 6.45) is 21.2. The molecule has 0 aliphatic carbocycles. The van der Waals surface area contributed by atoms with Gasteiger partial charge in [-0.05, 0) is 31.4 Å². The number of carbonyl (C=O) groups is 2. The van der Waals surface area contributed by atoms with E-state index in [1.807, 2.05) is 39.1 Å². The summed E-state index contributed by atoms with van der Waals surface area (Å²) in [5.41, 5.74) is 4.80. The first-order valence-electron chi connectivity index (χ1n) is 15.9. The molecule has 1 aromatic heterocycles. The van der Waals surface area contributed by atoms with Crippen LogP contribution in [0.15, 0.2) is 30.3 Å². The van der Waals surface area contributed by atoms with Crippen molar-refractivity contribution in [2.45, 2.75) is 136 Å². The van der Waals surface area contributed by atoms with Gasteiger partial charge in [0.25, 0.3) is 0 Å². The molecule has 2 aromatic rings. The van der Waals surface area contributed by atoms with Crippen LogP contribution in [0.5, 0.6) is 0 Å². The van der Waals surface area contributed by atoms with E-state index in [1.54, 1.807) is 0 Å². The summed E-state index contributed by atoms with van der Waals surface area (Å²) >= 11 is 0. The van der Waals surface area contributed by atoms with Gasteiger partial charge in [0.2, 0.25) is 0 Å². The molecule has 0 saturated heterocycles. The van der Waals surface area contributed by atoms with Crippen molar-refractivity contribution in [1.29, 1.82) is 0 Å². The number of carbonyl (C=O) groups excluding carboxylic acids is 2. The Kier molecular flexibility index (Phi) is 16.6. The maximum absolute atomic E-state index is 13.5. The lowest BCUT2D eigenvalue weighted by atomic mass is 9.97. The Labute approximate surface area is 238 Å². The molecule has 1 heterocycles. The van der Waals surface area contributed by atoms with Gasteiger partial charge in [-0.15, -0.1) is 0 Å². The Morgan fingerprint density at radius 2 is 1.23 bits per heavy atom. The fraction of sp³-hybridized carbons (Fsp3) is 0.657. The third-order valence-electron chi connectivity index (χ3n) is 8.02. The Bertz CT molecular complexity index is 960. The zero-order valence-electron chi connectivity index (χ0n) is 25.5. The monoisotopic (exact) mass is 537 g/mol. The first-order valence-corrected chi connectivity index (χ1v) is 15.9. The van der Waals surface area contributed by atoms with Crippen molar-refractivity contribution in [1.82, 2.24) is 4.57 Å². The minimum absolute atomic E-state index is 0.199. The number of hydrogen-bond acceptors (Lipinski definition) is 3. The smallest absolute Gasteiger partial charge is 0.311 e. The van der Waals surface area contributed by atoms with Crippen LogP contribution in [0.4, 0.5) is 0 Å². The number of esters is 1. The van der Waals surface area contributed by atoms with E-state index in [-0.39, 0.29) is 18.2 Å². The average Bonchev–Trinajstić information content (AvgIpc) is 3.15. The van der Waals surface area contributed by atoms with Gasteiger partial charge in [-0.3, -0.25) is 9.59 Å². The molecule has 0 aliphatic rings. The number of rotatable bonds is 22. The van der Waals surface area contributed by atoms with Crippen LogP contribution in [0.1, 0.15) is 149 Å². The largest absolute Gasteiger partial charge is 0.466 e. The van der Waals surface area contributed by atoms with Gasteiger partial charge in [0.05, 0.1) is 13.0 Å². The number of hydrogen-bond donors (Lipinski definition) is 0. The Hall–Kier alpha value is -2.36. The minimum Gasteiger partial charge on any atom is -0.466 e. The summed E-state index contributed by atoms with van der Waals surface area (Å²) < 4.78 is 7.26. The second-order valence-electron chi connectivity index (χ2n) is 11.2. The van der Waals surface area contributed by atoms with Crippen LogP contribution in [0.2, 0.25) is 0 Å². The van der Waals surface area contributed by atoms with Crippen LogP contribution >= 0.6 is 0 Å². The van der Waals surface area contributed by atoms with E-state index in [1.165, 1.54) is 89.0 Å². The van der Waals surface area contributed by atoms with E-state index in [0.29, 0.717) is 19.4 Å². The summed E-state index contributed by atoms with van der Waals surface area (Å²) in [7, 11) is 1.98. The van der Waals surface area contributed by atoms with Gasteiger partial charge in [-0.2, -0.15) is 0 Å². The summed E-state index contributed by atoms with van der Waals surface area (Å²) in [6, 6.07) is 10.3. The first kappa shape index (κ1) is 32.8. The van der Waals surface area contributed by atoms with E-state index in [9.17, 15) is 9.59 Å². The van der Waals surface area contributed by atoms with Crippen LogP contribution in [-0.4, -0.2) is 22.9 Å². The van der Waals surface area contributed by atoms with Crippen molar-refractivity contribution in [3.63, 3.8) is 0 Å². The maximum atomic E-state index is 13.5. The lowest BCUT2D eigenvalue weighted by Gasteiger charge is -2.10. The van der Waals surface area contributed by atoms with Crippen molar-refractivity contribution in [2.75, 3.05) is 6.61 Å². The van der Waals surface area contributed by atoms with Gasteiger partial charge in [-0.25, -0.2) is 0 Å². The Balaban J connectivity index is 1.77. The molecule has 0 radical (unpaired) electrons. The van der Waals surface area contributed by atoms with E-state index in [4.69, 9.17) is 4.74 Å². The second kappa shape index (κ2) is 19.7. The summed E-state index contributed by atoms with van der Waals surface area (Å²) in [5, 5.41) is 0. The van der Waals surface area contributed by atoms with Crippen LogP contribution in [0, 0.1) is 6.92 Å². The molecule has 0 unspecified atom stereocenters. The van der Waals surface area contributed by atoms with E-state index >= 15 is 0 Å². The van der Waals surface area contributed by atoms with Crippen molar-refractivity contribution in [2.24, 2.45) is 7.05 Å². The fourth-order valence-electron chi connectivity index (χ4n) is 5.69. The Morgan fingerprint density at radius 3 is 1.74 bits per heavy atom. The van der Waals surface area contributed by atoms with Gasteiger partial charge < -0.3 is 9.30 Å². The molecule has 0 fully saturated rings. The molecule has 0 saturated carbocycles. The number of ether oxygens (including phenoxy) is 1. The minimum atomic E-state index is -0.242. The predicted octanol–water partition coefficient (Wildman–Crippen LogP) is 9.47. The van der Waals surface area contributed by atoms with Crippen LogP contribution in [0.25, 0.3) is 0 Å². The average molecular weight is 538 g/mol. The second-order valence-corrected chi connectivity index (χ2v) is 11.2. The first-order chi connectivity index (χ1) is 19.0. The van der Waals surface area contributed by atoms with Crippen LogP contribution < -0.4 is 0 Å². The van der Waals surface area contributed by atoms with Gasteiger partial charge in [-0.1, -0.05) is 127 Å². The molecule has 218 valence electrons. The quantitative estimate of drug-likeness (QED) is 0.0853. The summed E-state index contributed by atoms with van der Waals surface area (Å²) in [5.74, 6) is -0.0345. The maximum Gasteiger partial charge on any atom is 0.311 e. The standard InChI is InChI=1S/C35H55NO3/c1-5-7-8-9-10-11-12-13-14-15-16-17-18-19-23-26-33(37)35-29(3)31(28-34(38)39-6-2)36(4)32(35)27-30-24-21-20-22-25-30/h20-22,24-25H,5-19,23,26-28H2,1-4H3. The third-order valence-corrected chi connectivity index (χ3v) is 8.02. The molecule has 2 rings (SSSR count). The highest BCUT2D eigenvalue weighted by molar-refractivity contribution is 5.99. The highest BCUT2D eigenvalue weighted by Gasteiger charge is 2.24. The van der Waals surface area contributed by atoms with E-state index < -0.39 is 0 Å². The van der Waals surface area contributed by atoms with Crippen molar-refractivity contribution in [3.05, 3.63) is 58.4 Å². The Morgan fingerprint density at radius 1 is 0.718 bits per heavy atom. The number of nitrogens with zero attached hydrogens (tertiary/aromatic N) is 1. The van der Waals surface area contributed by atoms with Gasteiger partial charge in [0.15, 0.2) is 5.78 Å². The number of benzene rings is 1. The normalized spacial score (nSPS) is 11.2. The van der Waals surface area contributed by atoms with E-state index in [2.05, 4.69) is 23.6 Å². The third kappa shape index (κ3) is 12.1. The van der Waals surface area contributed by atoms with Crippen molar-refractivity contribution < 1.29 is 14.3 Å². The molecule has 39 heavy (non-hydrogen) atoms. The van der Waals surface area contributed by atoms with Gasteiger partial charge >= 0.3 is 5.97 Å². The van der Waals surface area contributed by atoms with E-state index in [0.717, 1.165) is 35.4 Å². The molecular formula is C35H55NO3. The SMILES string of the molecule is CCCCCCCCCCCCCCCCCC(=O)c1c(C)c(CC(=O)OCC)n(C)c1Cc1ccccc1. The molecule has 4 nitrogen and oxygen atoms in total. The molecule has 0 bridgehead atoms. The fourth-order valence-corrected chi connectivity index (χ4v) is 5.69. The number of unbranched alkanes of at least 4 members (excludes halogenated alkanes) is 14. The van der Waals surface area contributed by atoms with Crippen molar-refractivity contribution in [3.8, 4) is 0 Å². The highest BCUT2D eigenvalue weighted by Crippen LogP contribution is 2.27. The summed E-state index contributed by atoms with van der Waals surface area (Å²) in [4.78, 5) is 25.7. The van der Waals surface area contributed by atoms with Gasteiger partial charge in [0, 0.05) is 36.8 Å². The zero-order chi connectivity index (χ0) is 28.3. The van der Waals surface area contributed by atoms with Crippen LogP contribution in [-0.2, 0) is 29.4 Å². The molecular weight excluding hydrogens is 482 g/mol. The van der Waals surface area contributed by atoms with Gasteiger partial charge in [0.1, 0.15) is 0 Å². The van der Waals surface area contributed by atoms with Crippen molar-refractivity contribution >= 4 is 11.8 Å². The lowest BCUT2D eigenvalue weighted by Crippen LogP contribution is -2.12. The molecule has 0 spiro atoms. The molecule has 1 aromatic carbocycles. The highest BCUT2D eigenvalue weighted by atomic mass is 16.5. The number of ketones is 1. The number of Topliss-reactive ketones (excluding diaryl/α,β-unsaturated/α-hetero) is 1. The molecule has 0 amide bonds. The molecule has 0 N–H and O–H groups in total. The molecule has 4 heteroatoms. The topological polar surface area (TPSA) is 48.3 Å². The zero-order valence-corrected chi connectivity index (χ0v) is 25.5. The number of aromatic nitrogens is 1. The van der Waals surface area contributed by atoms with Crippen LogP contribution in [0.3, 0.4) is 0 Å². The molecule has 0 aliphatic heterocycles.